The molecule has 1 fully saturated rings. The first-order valence-corrected chi connectivity index (χ1v) is 7.26. The maximum Gasteiger partial charge on any atom is 0.0187 e. The largest absolute Gasteiger partial charge is 0.311 e. The standard InChI is InChI=1S/C16H30N2/c1-6-7-14(4)15(5)17-16-8-10-18(11-9-16)12-13(2)3/h6,14-17H,1-2,7-12H2,3-5H3/t14-,15-/m0/s1. The van der Waals surface area contributed by atoms with Crippen LogP contribution in [0.25, 0.3) is 0 Å². The normalized spacial score (nSPS) is 21.5. The number of likely N-dealkylation sites (tertiary alicyclic amines) is 1. The molecule has 1 aliphatic heterocycles. The molecule has 0 saturated carbocycles. The van der Waals surface area contributed by atoms with E-state index in [4.69, 9.17) is 0 Å². The lowest BCUT2D eigenvalue weighted by Gasteiger charge is -2.35. The Morgan fingerprint density at radius 1 is 1.39 bits per heavy atom. The number of piperidine rings is 1. The third-order valence-electron chi connectivity index (χ3n) is 3.97. The summed E-state index contributed by atoms with van der Waals surface area (Å²) in [5.41, 5.74) is 1.27. The molecule has 1 heterocycles. The summed E-state index contributed by atoms with van der Waals surface area (Å²) < 4.78 is 0. The van der Waals surface area contributed by atoms with Gasteiger partial charge in [-0.3, -0.25) is 4.90 Å². The van der Waals surface area contributed by atoms with Crippen LogP contribution in [0.5, 0.6) is 0 Å². The highest BCUT2D eigenvalue weighted by atomic mass is 15.1. The van der Waals surface area contributed by atoms with Crippen molar-refractivity contribution in [1.82, 2.24) is 10.2 Å². The van der Waals surface area contributed by atoms with Gasteiger partial charge in [-0.15, -0.1) is 6.58 Å². The van der Waals surface area contributed by atoms with Gasteiger partial charge in [0.05, 0.1) is 0 Å². The molecule has 2 atom stereocenters. The summed E-state index contributed by atoms with van der Waals surface area (Å²) in [5.74, 6) is 0.677. The van der Waals surface area contributed by atoms with Gasteiger partial charge in [0.25, 0.3) is 0 Å². The fourth-order valence-corrected chi connectivity index (χ4v) is 2.64. The topological polar surface area (TPSA) is 15.3 Å². The monoisotopic (exact) mass is 250 g/mol. The van der Waals surface area contributed by atoms with Crippen LogP contribution in [0.15, 0.2) is 24.8 Å². The van der Waals surface area contributed by atoms with Gasteiger partial charge in [0.2, 0.25) is 0 Å². The van der Waals surface area contributed by atoms with E-state index in [0.717, 1.165) is 13.0 Å². The van der Waals surface area contributed by atoms with Crippen molar-refractivity contribution in [2.45, 2.75) is 52.1 Å². The van der Waals surface area contributed by atoms with E-state index in [1.807, 2.05) is 6.08 Å². The lowest BCUT2D eigenvalue weighted by Crippen LogP contribution is -2.47. The van der Waals surface area contributed by atoms with E-state index < -0.39 is 0 Å². The molecule has 1 saturated heterocycles. The van der Waals surface area contributed by atoms with Crippen molar-refractivity contribution >= 4 is 0 Å². The summed E-state index contributed by atoms with van der Waals surface area (Å²) in [6.45, 7) is 18.0. The zero-order valence-electron chi connectivity index (χ0n) is 12.4. The molecule has 0 radical (unpaired) electrons. The fraction of sp³-hybridized carbons (Fsp3) is 0.750. The van der Waals surface area contributed by atoms with Crippen LogP contribution in [0.3, 0.4) is 0 Å². The van der Waals surface area contributed by atoms with Crippen molar-refractivity contribution in [2.24, 2.45) is 5.92 Å². The van der Waals surface area contributed by atoms with Gasteiger partial charge in [0, 0.05) is 18.6 Å². The molecule has 0 amide bonds. The second-order valence-corrected chi connectivity index (χ2v) is 5.96. The van der Waals surface area contributed by atoms with Crippen LogP contribution in [0.2, 0.25) is 0 Å². The summed E-state index contributed by atoms with van der Waals surface area (Å²) in [7, 11) is 0. The van der Waals surface area contributed by atoms with Crippen molar-refractivity contribution < 1.29 is 0 Å². The maximum atomic E-state index is 3.99. The van der Waals surface area contributed by atoms with E-state index in [9.17, 15) is 0 Å². The quantitative estimate of drug-likeness (QED) is 0.698. The van der Waals surface area contributed by atoms with E-state index >= 15 is 0 Å². The second-order valence-electron chi connectivity index (χ2n) is 5.96. The van der Waals surface area contributed by atoms with Gasteiger partial charge in [-0.05, 0) is 52.1 Å². The molecular weight excluding hydrogens is 220 g/mol. The van der Waals surface area contributed by atoms with Gasteiger partial charge in [-0.2, -0.15) is 0 Å². The minimum absolute atomic E-state index is 0.584. The van der Waals surface area contributed by atoms with Gasteiger partial charge >= 0.3 is 0 Å². The molecule has 2 heteroatoms. The van der Waals surface area contributed by atoms with Crippen molar-refractivity contribution in [3.8, 4) is 0 Å². The van der Waals surface area contributed by atoms with Crippen LogP contribution >= 0.6 is 0 Å². The summed E-state index contributed by atoms with van der Waals surface area (Å²) in [4.78, 5) is 2.51. The lowest BCUT2D eigenvalue weighted by molar-refractivity contribution is 0.197. The van der Waals surface area contributed by atoms with Crippen LogP contribution in [0, 0.1) is 5.92 Å². The Hall–Kier alpha value is -0.600. The molecule has 1 rings (SSSR count). The Balaban J connectivity index is 2.26. The van der Waals surface area contributed by atoms with Crippen LogP contribution in [-0.2, 0) is 0 Å². The first-order valence-electron chi connectivity index (χ1n) is 7.26. The van der Waals surface area contributed by atoms with Gasteiger partial charge in [0.15, 0.2) is 0 Å². The first kappa shape index (κ1) is 15.5. The summed E-state index contributed by atoms with van der Waals surface area (Å²) in [5, 5.41) is 3.78. The number of rotatable bonds is 7. The third-order valence-corrected chi connectivity index (χ3v) is 3.97. The Kier molecular flexibility index (Phi) is 6.66. The third kappa shape index (κ3) is 5.36. The number of hydrogen-bond donors (Lipinski definition) is 1. The molecule has 0 aromatic carbocycles. The molecule has 18 heavy (non-hydrogen) atoms. The predicted octanol–water partition coefficient (Wildman–Crippen LogP) is 3.22. The SMILES string of the molecule is C=CC[C@H](C)[C@H](C)NC1CCN(CC(=C)C)CC1. The average Bonchev–Trinajstić information content (AvgIpc) is 2.31. The lowest BCUT2D eigenvalue weighted by atomic mass is 9.96. The average molecular weight is 250 g/mol. The Morgan fingerprint density at radius 2 is 2.00 bits per heavy atom. The minimum atomic E-state index is 0.584. The van der Waals surface area contributed by atoms with Gasteiger partial charge in [0.1, 0.15) is 0 Å². The van der Waals surface area contributed by atoms with Crippen molar-refractivity contribution in [3.63, 3.8) is 0 Å². The van der Waals surface area contributed by atoms with E-state index in [1.165, 1.54) is 31.5 Å². The zero-order chi connectivity index (χ0) is 13.5. The fourth-order valence-electron chi connectivity index (χ4n) is 2.64. The smallest absolute Gasteiger partial charge is 0.0187 e. The van der Waals surface area contributed by atoms with E-state index in [0.29, 0.717) is 18.0 Å². The highest BCUT2D eigenvalue weighted by Crippen LogP contribution is 2.15. The van der Waals surface area contributed by atoms with Gasteiger partial charge < -0.3 is 5.32 Å². The minimum Gasteiger partial charge on any atom is -0.311 e. The molecule has 0 spiro atoms. The highest BCUT2D eigenvalue weighted by Gasteiger charge is 2.21. The molecule has 1 aliphatic rings. The Bertz CT molecular complexity index is 264. The van der Waals surface area contributed by atoms with Crippen molar-refractivity contribution in [3.05, 3.63) is 24.8 Å². The molecule has 1 N–H and O–H groups in total. The van der Waals surface area contributed by atoms with Crippen LogP contribution in [0.4, 0.5) is 0 Å². The van der Waals surface area contributed by atoms with Crippen LogP contribution < -0.4 is 5.32 Å². The number of hydrogen-bond acceptors (Lipinski definition) is 2. The molecule has 2 nitrogen and oxygen atoms in total. The summed E-state index contributed by atoms with van der Waals surface area (Å²) in [6, 6.07) is 1.27. The van der Waals surface area contributed by atoms with E-state index in [-0.39, 0.29) is 0 Å². The second kappa shape index (κ2) is 7.75. The van der Waals surface area contributed by atoms with Crippen LogP contribution in [0.1, 0.15) is 40.0 Å². The van der Waals surface area contributed by atoms with E-state index in [1.54, 1.807) is 0 Å². The number of nitrogens with zero attached hydrogens (tertiary/aromatic N) is 1. The molecule has 0 unspecified atom stereocenters. The predicted molar refractivity (Wildman–Crippen MR) is 80.9 cm³/mol. The Labute approximate surface area is 113 Å². The number of allylic oxidation sites excluding steroid dienone is 1. The van der Waals surface area contributed by atoms with Crippen LogP contribution in [-0.4, -0.2) is 36.6 Å². The molecular formula is C16H30N2. The molecule has 0 aliphatic carbocycles. The van der Waals surface area contributed by atoms with Gasteiger partial charge in [-0.1, -0.05) is 25.2 Å². The molecule has 0 bridgehead atoms. The Morgan fingerprint density at radius 3 is 2.50 bits per heavy atom. The highest BCUT2D eigenvalue weighted by molar-refractivity contribution is 4.93. The van der Waals surface area contributed by atoms with Crippen molar-refractivity contribution in [2.75, 3.05) is 19.6 Å². The molecule has 0 aromatic heterocycles. The van der Waals surface area contributed by atoms with E-state index in [2.05, 4.69) is 44.1 Å². The number of nitrogens with one attached hydrogen (secondary N) is 1. The zero-order valence-corrected chi connectivity index (χ0v) is 12.4. The summed E-state index contributed by atoms with van der Waals surface area (Å²) >= 11 is 0. The summed E-state index contributed by atoms with van der Waals surface area (Å²) in [6.07, 6.45) is 5.65. The molecule has 104 valence electrons. The maximum absolute atomic E-state index is 3.99. The first-order chi connectivity index (χ1) is 8.52. The van der Waals surface area contributed by atoms with Gasteiger partial charge in [-0.25, -0.2) is 0 Å². The van der Waals surface area contributed by atoms with Crippen molar-refractivity contribution in [1.29, 1.82) is 0 Å². The molecule has 0 aromatic rings.